The Morgan fingerprint density at radius 2 is 1.88 bits per heavy atom. The highest BCUT2D eigenvalue weighted by Gasteiger charge is 2.14. The van der Waals surface area contributed by atoms with E-state index in [4.69, 9.17) is 16.3 Å². The van der Waals surface area contributed by atoms with Gasteiger partial charge in [0.1, 0.15) is 10.8 Å². The molecule has 0 fully saturated rings. The first-order valence-corrected chi connectivity index (χ1v) is 8.33. The summed E-state index contributed by atoms with van der Waals surface area (Å²) in [7, 11) is 0. The first-order valence-electron chi connectivity index (χ1n) is 7.07. The Labute approximate surface area is 147 Å². The lowest BCUT2D eigenvalue weighted by Gasteiger charge is -2.03. The van der Waals surface area contributed by atoms with E-state index in [2.05, 4.69) is 4.98 Å². The summed E-state index contributed by atoms with van der Waals surface area (Å²) in [4.78, 5) is 27.7. The van der Waals surface area contributed by atoms with Crippen LogP contribution in [0.2, 0.25) is 5.02 Å². The van der Waals surface area contributed by atoms with Crippen LogP contribution in [0, 0.1) is 0 Å². The van der Waals surface area contributed by atoms with Crippen LogP contribution in [0.5, 0.6) is 5.75 Å². The molecule has 3 aromatic rings. The number of Topliss-reactive ketones (excluding diaryl/α,β-unsaturated/α-hetero) is 1. The van der Waals surface area contributed by atoms with Gasteiger partial charge < -0.3 is 4.74 Å². The summed E-state index contributed by atoms with van der Waals surface area (Å²) in [6, 6.07) is 13.7. The van der Waals surface area contributed by atoms with Crippen LogP contribution in [0.15, 0.2) is 53.9 Å². The number of halogens is 1. The summed E-state index contributed by atoms with van der Waals surface area (Å²) in [5.74, 6) is -0.226. The summed E-state index contributed by atoms with van der Waals surface area (Å²) in [6.07, 6.45) is 0. The van der Waals surface area contributed by atoms with Crippen molar-refractivity contribution in [1.82, 2.24) is 4.98 Å². The molecule has 0 radical (unpaired) electrons. The van der Waals surface area contributed by atoms with Gasteiger partial charge in [0.05, 0.1) is 0 Å². The van der Waals surface area contributed by atoms with Crippen molar-refractivity contribution in [2.75, 3.05) is 0 Å². The molecule has 0 atom stereocenters. The highest BCUT2D eigenvalue weighted by molar-refractivity contribution is 7.13. The lowest BCUT2D eigenvalue weighted by molar-refractivity contribution is 0.0729. The van der Waals surface area contributed by atoms with Crippen molar-refractivity contribution in [3.05, 3.63) is 70.2 Å². The van der Waals surface area contributed by atoms with Gasteiger partial charge in [-0.2, -0.15) is 0 Å². The molecular formula is C18H12ClNO3S. The van der Waals surface area contributed by atoms with Crippen molar-refractivity contribution in [1.29, 1.82) is 0 Å². The molecule has 0 unspecified atom stereocenters. The van der Waals surface area contributed by atoms with E-state index < -0.39 is 5.97 Å². The Bertz CT molecular complexity index is 903. The van der Waals surface area contributed by atoms with Crippen molar-refractivity contribution in [3.8, 4) is 16.3 Å². The zero-order valence-electron chi connectivity index (χ0n) is 12.7. The normalized spacial score (nSPS) is 10.4. The predicted octanol–water partition coefficient (Wildman–Crippen LogP) is 4.89. The molecule has 2 aromatic carbocycles. The molecule has 0 spiro atoms. The van der Waals surface area contributed by atoms with E-state index in [9.17, 15) is 9.59 Å². The third-order valence-electron chi connectivity index (χ3n) is 3.26. The fourth-order valence-corrected chi connectivity index (χ4v) is 3.02. The zero-order chi connectivity index (χ0) is 17.1. The summed E-state index contributed by atoms with van der Waals surface area (Å²) in [5.41, 5.74) is 1.63. The van der Waals surface area contributed by atoms with E-state index in [1.54, 1.807) is 41.8 Å². The fourth-order valence-electron chi connectivity index (χ4n) is 2.04. The summed E-state index contributed by atoms with van der Waals surface area (Å²) in [5, 5.41) is 2.94. The Morgan fingerprint density at radius 1 is 1.12 bits per heavy atom. The van der Waals surface area contributed by atoms with E-state index >= 15 is 0 Å². The maximum absolute atomic E-state index is 12.2. The van der Waals surface area contributed by atoms with Crippen LogP contribution in [0.25, 0.3) is 10.6 Å². The zero-order valence-corrected chi connectivity index (χ0v) is 14.2. The van der Waals surface area contributed by atoms with Crippen LogP contribution in [0.4, 0.5) is 0 Å². The number of hydrogen-bond donors (Lipinski definition) is 0. The molecule has 0 aliphatic carbocycles. The third-order valence-corrected chi connectivity index (χ3v) is 4.38. The Balaban J connectivity index is 1.75. The number of aromatic nitrogens is 1. The molecule has 0 bridgehead atoms. The molecule has 0 amide bonds. The molecule has 6 heteroatoms. The Morgan fingerprint density at radius 3 is 2.54 bits per heavy atom. The number of thiazole rings is 1. The minimum Gasteiger partial charge on any atom is -0.422 e. The summed E-state index contributed by atoms with van der Waals surface area (Å²) >= 11 is 7.31. The van der Waals surface area contributed by atoms with Gasteiger partial charge in [-0.1, -0.05) is 23.7 Å². The van der Waals surface area contributed by atoms with Crippen molar-refractivity contribution < 1.29 is 14.3 Å². The number of carbonyl (C=O) groups is 2. The fraction of sp³-hybridized carbons (Fsp3) is 0.0556. The van der Waals surface area contributed by atoms with Gasteiger partial charge in [-0.25, -0.2) is 9.78 Å². The number of carbonyl (C=O) groups excluding carboxylic acids is 2. The van der Waals surface area contributed by atoms with E-state index in [1.165, 1.54) is 18.3 Å². The second-order valence-corrected chi connectivity index (χ2v) is 6.31. The second-order valence-electron chi connectivity index (χ2n) is 5.02. The van der Waals surface area contributed by atoms with Gasteiger partial charge in [0, 0.05) is 21.5 Å². The first-order chi connectivity index (χ1) is 11.5. The largest absolute Gasteiger partial charge is 0.422 e. The summed E-state index contributed by atoms with van der Waals surface area (Å²) in [6.45, 7) is 1.48. The Hall–Kier alpha value is -2.50. The van der Waals surface area contributed by atoms with Crippen LogP contribution in [0.1, 0.15) is 27.8 Å². The van der Waals surface area contributed by atoms with Gasteiger partial charge >= 0.3 is 5.97 Å². The smallest absolute Gasteiger partial charge is 0.363 e. The molecule has 4 nitrogen and oxygen atoms in total. The number of ether oxygens (including phenoxy) is 1. The van der Waals surface area contributed by atoms with E-state index in [-0.39, 0.29) is 11.5 Å². The minimum absolute atomic E-state index is 0.0430. The molecule has 0 aliphatic rings. The predicted molar refractivity (Wildman–Crippen MR) is 94.0 cm³/mol. The number of esters is 1. The number of nitrogens with zero attached hydrogens (tertiary/aromatic N) is 1. The number of rotatable bonds is 4. The molecule has 0 N–H and O–H groups in total. The Kier molecular flexibility index (Phi) is 4.74. The highest BCUT2D eigenvalue weighted by Crippen LogP contribution is 2.26. The van der Waals surface area contributed by atoms with Crippen molar-refractivity contribution in [3.63, 3.8) is 0 Å². The van der Waals surface area contributed by atoms with Gasteiger partial charge in [0.15, 0.2) is 11.5 Å². The quantitative estimate of drug-likeness (QED) is 0.379. The lowest BCUT2D eigenvalue weighted by atomic mass is 10.1. The topological polar surface area (TPSA) is 56.3 Å². The van der Waals surface area contributed by atoms with Crippen molar-refractivity contribution in [2.24, 2.45) is 0 Å². The number of benzene rings is 2. The molecule has 1 heterocycles. The minimum atomic E-state index is -0.546. The monoisotopic (exact) mass is 357 g/mol. The second kappa shape index (κ2) is 6.95. The SMILES string of the molecule is CC(=O)c1ccc(OC(=O)c2csc(-c3cccc(Cl)c3)n2)cc1. The van der Waals surface area contributed by atoms with Gasteiger partial charge in [-0.05, 0) is 43.3 Å². The summed E-state index contributed by atoms with van der Waals surface area (Å²) < 4.78 is 5.28. The number of hydrogen-bond acceptors (Lipinski definition) is 5. The van der Waals surface area contributed by atoms with Crippen LogP contribution in [0.3, 0.4) is 0 Å². The van der Waals surface area contributed by atoms with Gasteiger partial charge in [0.25, 0.3) is 0 Å². The molecular weight excluding hydrogens is 346 g/mol. The average Bonchev–Trinajstić information content (AvgIpc) is 3.05. The average molecular weight is 358 g/mol. The number of ketones is 1. The standard InChI is InChI=1S/C18H12ClNO3S/c1-11(21)12-5-7-15(8-6-12)23-18(22)16-10-24-17(20-16)13-3-2-4-14(19)9-13/h2-10H,1H3. The van der Waals surface area contributed by atoms with E-state index in [1.807, 2.05) is 12.1 Å². The molecule has 120 valence electrons. The van der Waals surface area contributed by atoms with Crippen LogP contribution >= 0.6 is 22.9 Å². The molecule has 0 saturated carbocycles. The van der Waals surface area contributed by atoms with Crippen molar-refractivity contribution in [2.45, 2.75) is 6.92 Å². The highest BCUT2D eigenvalue weighted by atomic mass is 35.5. The third kappa shape index (κ3) is 3.69. The first kappa shape index (κ1) is 16.4. The van der Waals surface area contributed by atoms with Crippen LogP contribution < -0.4 is 4.74 Å². The van der Waals surface area contributed by atoms with Gasteiger partial charge in [-0.15, -0.1) is 11.3 Å². The lowest BCUT2D eigenvalue weighted by Crippen LogP contribution is -2.09. The molecule has 3 rings (SSSR count). The molecule has 0 saturated heterocycles. The van der Waals surface area contributed by atoms with Gasteiger partial charge in [-0.3, -0.25) is 4.79 Å². The van der Waals surface area contributed by atoms with E-state index in [0.717, 1.165) is 5.56 Å². The maximum atomic E-state index is 12.2. The van der Waals surface area contributed by atoms with Gasteiger partial charge in [0.2, 0.25) is 0 Å². The van der Waals surface area contributed by atoms with Crippen LogP contribution in [-0.4, -0.2) is 16.7 Å². The van der Waals surface area contributed by atoms with Crippen LogP contribution in [-0.2, 0) is 0 Å². The maximum Gasteiger partial charge on any atom is 0.363 e. The van der Waals surface area contributed by atoms with E-state index in [0.29, 0.717) is 21.3 Å². The van der Waals surface area contributed by atoms with Crippen molar-refractivity contribution >= 4 is 34.7 Å². The molecule has 1 aromatic heterocycles. The molecule has 24 heavy (non-hydrogen) atoms. The molecule has 0 aliphatic heterocycles.